The highest BCUT2D eigenvalue weighted by molar-refractivity contribution is 6.17. The van der Waals surface area contributed by atoms with Crippen molar-refractivity contribution in [1.29, 1.82) is 0 Å². The van der Waals surface area contributed by atoms with Gasteiger partial charge in [0.2, 0.25) is 5.82 Å². The number of rotatable bonds is 6. The zero-order valence-corrected chi connectivity index (χ0v) is 11.5. The van der Waals surface area contributed by atoms with E-state index in [0.29, 0.717) is 24.4 Å². The molecule has 0 aromatic heterocycles. The first-order valence-electron chi connectivity index (χ1n) is 5.91. The quantitative estimate of drug-likeness (QED) is 0.461. The predicted molar refractivity (Wildman–Crippen MR) is 69.9 cm³/mol. The van der Waals surface area contributed by atoms with Gasteiger partial charge in [-0.3, -0.25) is 14.9 Å². The minimum atomic E-state index is -1.45. The van der Waals surface area contributed by atoms with E-state index in [0.717, 1.165) is 0 Å². The van der Waals surface area contributed by atoms with Gasteiger partial charge in [0, 0.05) is 25.0 Å². The van der Waals surface area contributed by atoms with Gasteiger partial charge in [0.25, 0.3) is 5.91 Å². The Kier molecular flexibility index (Phi) is 5.82. The van der Waals surface area contributed by atoms with Crippen molar-refractivity contribution in [2.75, 3.05) is 19.0 Å². The molecule has 1 rings (SSSR count). The minimum absolute atomic E-state index is 0.220. The van der Waals surface area contributed by atoms with Gasteiger partial charge in [-0.15, -0.1) is 11.6 Å². The predicted octanol–water partition coefficient (Wildman–Crippen LogP) is 2.96. The summed E-state index contributed by atoms with van der Waals surface area (Å²) in [6, 6.07) is 1.40. The van der Waals surface area contributed by atoms with Crippen molar-refractivity contribution >= 4 is 23.2 Å². The molecule has 0 radical (unpaired) electrons. The second kappa shape index (κ2) is 7.14. The molecule has 1 amide bonds. The minimum Gasteiger partial charge on any atom is -0.339 e. The SMILES string of the molecule is CCN(CCCCl)C(=O)c1c(F)ccc([N+](=O)[O-])c1F. The monoisotopic (exact) mass is 306 g/mol. The van der Waals surface area contributed by atoms with Crippen LogP contribution in [0.15, 0.2) is 12.1 Å². The number of nitro groups is 1. The molecule has 110 valence electrons. The zero-order chi connectivity index (χ0) is 15.3. The molecule has 0 aliphatic rings. The van der Waals surface area contributed by atoms with Crippen LogP contribution in [0.3, 0.4) is 0 Å². The van der Waals surface area contributed by atoms with E-state index in [1.165, 1.54) is 4.90 Å². The van der Waals surface area contributed by atoms with Gasteiger partial charge in [-0.1, -0.05) is 0 Å². The summed E-state index contributed by atoms with van der Waals surface area (Å²) in [6.45, 7) is 2.08. The fraction of sp³-hybridized carbons (Fsp3) is 0.417. The average Bonchev–Trinajstić information content (AvgIpc) is 2.39. The van der Waals surface area contributed by atoms with Crippen molar-refractivity contribution in [3.63, 3.8) is 0 Å². The van der Waals surface area contributed by atoms with Gasteiger partial charge in [0.1, 0.15) is 11.4 Å². The Balaban J connectivity index is 3.20. The summed E-state index contributed by atoms with van der Waals surface area (Å²) in [5.41, 5.74) is -1.83. The van der Waals surface area contributed by atoms with Crippen LogP contribution in [-0.4, -0.2) is 34.7 Å². The van der Waals surface area contributed by atoms with Crippen LogP contribution in [-0.2, 0) is 0 Å². The molecule has 0 unspecified atom stereocenters. The summed E-state index contributed by atoms with van der Waals surface area (Å²) in [5.74, 6) is -3.20. The largest absolute Gasteiger partial charge is 0.339 e. The van der Waals surface area contributed by atoms with Crippen LogP contribution >= 0.6 is 11.6 Å². The molecule has 0 bridgehead atoms. The van der Waals surface area contributed by atoms with Crippen molar-refractivity contribution in [3.05, 3.63) is 39.4 Å². The zero-order valence-electron chi connectivity index (χ0n) is 10.7. The van der Waals surface area contributed by atoms with Crippen molar-refractivity contribution < 1.29 is 18.5 Å². The first kappa shape index (κ1) is 16.3. The molecule has 0 spiro atoms. The Hall–Kier alpha value is -1.76. The fourth-order valence-corrected chi connectivity index (χ4v) is 1.81. The lowest BCUT2D eigenvalue weighted by Gasteiger charge is -2.20. The summed E-state index contributed by atoms with van der Waals surface area (Å²) in [7, 11) is 0. The molecule has 0 atom stereocenters. The number of hydrogen-bond acceptors (Lipinski definition) is 3. The molecule has 20 heavy (non-hydrogen) atoms. The number of hydrogen-bond donors (Lipinski definition) is 0. The molecule has 0 aliphatic carbocycles. The Labute approximate surface area is 119 Å². The van der Waals surface area contributed by atoms with Gasteiger partial charge in [-0.05, 0) is 19.4 Å². The first-order chi connectivity index (χ1) is 9.43. The maximum atomic E-state index is 13.9. The maximum absolute atomic E-state index is 13.9. The number of halogens is 3. The lowest BCUT2D eigenvalue weighted by Crippen LogP contribution is -2.33. The molecule has 5 nitrogen and oxygen atoms in total. The molecular weight excluding hydrogens is 294 g/mol. The topological polar surface area (TPSA) is 63.5 Å². The highest BCUT2D eigenvalue weighted by Gasteiger charge is 2.28. The van der Waals surface area contributed by atoms with E-state index in [9.17, 15) is 23.7 Å². The second-order valence-corrected chi connectivity index (χ2v) is 4.32. The van der Waals surface area contributed by atoms with Gasteiger partial charge in [0.15, 0.2) is 0 Å². The Morgan fingerprint density at radius 3 is 2.60 bits per heavy atom. The number of amides is 1. The lowest BCUT2D eigenvalue weighted by atomic mass is 10.1. The van der Waals surface area contributed by atoms with Crippen LogP contribution in [0.2, 0.25) is 0 Å². The summed E-state index contributed by atoms with van der Waals surface area (Å²) in [5, 5.41) is 10.6. The van der Waals surface area contributed by atoms with E-state index in [-0.39, 0.29) is 13.1 Å². The number of alkyl halides is 1. The maximum Gasteiger partial charge on any atom is 0.305 e. The van der Waals surface area contributed by atoms with Crippen LogP contribution in [0.1, 0.15) is 23.7 Å². The highest BCUT2D eigenvalue weighted by Crippen LogP contribution is 2.24. The Morgan fingerprint density at radius 1 is 1.45 bits per heavy atom. The Morgan fingerprint density at radius 2 is 2.10 bits per heavy atom. The number of carbonyl (C=O) groups is 1. The molecule has 0 fully saturated rings. The van der Waals surface area contributed by atoms with Gasteiger partial charge in [-0.25, -0.2) is 4.39 Å². The van der Waals surface area contributed by atoms with Crippen molar-refractivity contribution in [2.45, 2.75) is 13.3 Å². The number of carbonyl (C=O) groups excluding carboxylic acids is 1. The van der Waals surface area contributed by atoms with Crippen LogP contribution in [0.25, 0.3) is 0 Å². The average molecular weight is 307 g/mol. The molecule has 0 aliphatic heterocycles. The third-order valence-corrected chi connectivity index (χ3v) is 2.98. The van der Waals surface area contributed by atoms with E-state index < -0.39 is 33.7 Å². The standard InChI is InChI=1S/C12H13ClF2N2O3/c1-2-16(7-3-6-13)12(18)10-8(14)4-5-9(11(10)15)17(19)20/h4-5H,2-3,6-7H2,1H3. The van der Waals surface area contributed by atoms with Crippen molar-refractivity contribution in [3.8, 4) is 0 Å². The smallest absolute Gasteiger partial charge is 0.305 e. The van der Waals surface area contributed by atoms with Gasteiger partial charge in [0.05, 0.1) is 4.92 Å². The molecular formula is C12H13ClF2N2O3. The first-order valence-corrected chi connectivity index (χ1v) is 6.45. The fourth-order valence-electron chi connectivity index (χ4n) is 1.69. The van der Waals surface area contributed by atoms with Crippen LogP contribution in [0.5, 0.6) is 0 Å². The third-order valence-electron chi connectivity index (χ3n) is 2.71. The molecule has 8 heteroatoms. The summed E-state index contributed by atoms with van der Waals surface area (Å²) in [4.78, 5) is 22.9. The van der Waals surface area contributed by atoms with Crippen molar-refractivity contribution in [1.82, 2.24) is 4.90 Å². The highest BCUT2D eigenvalue weighted by atomic mass is 35.5. The summed E-state index contributed by atoms with van der Waals surface area (Å²) >= 11 is 5.51. The van der Waals surface area contributed by atoms with E-state index in [1.807, 2.05) is 0 Å². The van der Waals surface area contributed by atoms with Crippen LogP contribution < -0.4 is 0 Å². The van der Waals surface area contributed by atoms with Gasteiger partial charge in [-0.2, -0.15) is 4.39 Å². The van der Waals surface area contributed by atoms with E-state index in [1.54, 1.807) is 6.92 Å². The van der Waals surface area contributed by atoms with Crippen molar-refractivity contribution in [2.24, 2.45) is 0 Å². The number of benzene rings is 1. The molecule has 0 saturated carbocycles. The van der Waals surface area contributed by atoms with Gasteiger partial charge < -0.3 is 4.90 Å². The number of nitro benzene ring substituents is 1. The van der Waals surface area contributed by atoms with Gasteiger partial charge >= 0.3 is 5.69 Å². The summed E-state index contributed by atoms with van der Waals surface area (Å²) < 4.78 is 27.5. The lowest BCUT2D eigenvalue weighted by molar-refractivity contribution is -0.387. The summed E-state index contributed by atoms with van der Waals surface area (Å²) in [6.07, 6.45) is 0.458. The van der Waals surface area contributed by atoms with Crippen LogP contribution in [0.4, 0.5) is 14.5 Å². The van der Waals surface area contributed by atoms with E-state index in [4.69, 9.17) is 11.6 Å². The second-order valence-electron chi connectivity index (χ2n) is 3.94. The normalized spacial score (nSPS) is 10.4. The molecule has 0 saturated heterocycles. The van der Waals surface area contributed by atoms with E-state index >= 15 is 0 Å². The Bertz CT molecular complexity index is 526. The molecule has 0 heterocycles. The molecule has 0 N–H and O–H groups in total. The molecule has 1 aromatic carbocycles. The van der Waals surface area contributed by atoms with Crippen LogP contribution in [0, 0.1) is 21.7 Å². The third kappa shape index (κ3) is 3.41. The van der Waals surface area contributed by atoms with E-state index in [2.05, 4.69) is 0 Å². The molecule has 1 aromatic rings. The number of nitrogens with zero attached hydrogens (tertiary/aromatic N) is 2.